The Morgan fingerprint density at radius 2 is 2.00 bits per heavy atom. The van der Waals surface area contributed by atoms with Gasteiger partial charge in [0.1, 0.15) is 11.4 Å². The van der Waals surface area contributed by atoms with Gasteiger partial charge < -0.3 is 14.5 Å². The fourth-order valence-electron chi connectivity index (χ4n) is 3.12. The number of anilines is 1. The summed E-state index contributed by atoms with van der Waals surface area (Å²) >= 11 is 0.953. The Hall–Kier alpha value is -4.32. The van der Waals surface area contributed by atoms with E-state index in [0.29, 0.717) is 11.3 Å². The summed E-state index contributed by atoms with van der Waals surface area (Å²) < 4.78 is 11.2. The minimum absolute atomic E-state index is 0.00721. The summed E-state index contributed by atoms with van der Waals surface area (Å²) in [6.45, 7) is 1.45. The molecule has 0 atom stereocenters. The van der Waals surface area contributed by atoms with Gasteiger partial charge in [-0.25, -0.2) is 14.6 Å². The second kappa shape index (κ2) is 9.04. The largest absolute Gasteiger partial charge is 0.462 e. The third-order valence-corrected chi connectivity index (χ3v) is 5.50. The zero-order chi connectivity index (χ0) is 23.5. The summed E-state index contributed by atoms with van der Waals surface area (Å²) in [4.78, 5) is 52.1. The van der Waals surface area contributed by atoms with E-state index in [-0.39, 0.29) is 33.4 Å². The quantitative estimate of drug-likeness (QED) is 0.246. The SMILES string of the molecule is CCOC(=O)c1sc(NC(=O)Cn2c(=O)oc3cc([N+](=O)[O-])ccc32)nc1-c1ccccc1. The van der Waals surface area contributed by atoms with Crippen molar-refractivity contribution in [1.29, 1.82) is 0 Å². The monoisotopic (exact) mass is 468 g/mol. The Bertz CT molecular complexity index is 1420. The Morgan fingerprint density at radius 3 is 2.70 bits per heavy atom. The van der Waals surface area contributed by atoms with Gasteiger partial charge in [-0.3, -0.25) is 19.5 Å². The smallest absolute Gasteiger partial charge is 0.420 e. The Labute approximate surface area is 189 Å². The first-order valence-corrected chi connectivity index (χ1v) is 10.5. The van der Waals surface area contributed by atoms with Gasteiger partial charge in [0.25, 0.3) is 5.69 Å². The number of hydrogen-bond donors (Lipinski definition) is 1. The lowest BCUT2D eigenvalue weighted by Crippen LogP contribution is -2.24. The molecule has 11 nitrogen and oxygen atoms in total. The standard InChI is InChI=1S/C21H16N4O7S/c1-2-31-19(27)18-17(12-6-4-3-5-7-12)23-20(33-18)22-16(26)11-24-14-9-8-13(25(29)30)10-15(14)32-21(24)28/h3-10H,2,11H2,1H3,(H,22,23,26). The highest BCUT2D eigenvalue weighted by Crippen LogP contribution is 2.32. The molecule has 4 rings (SSSR count). The molecule has 0 radical (unpaired) electrons. The van der Waals surface area contributed by atoms with Crippen LogP contribution in [0.4, 0.5) is 10.8 Å². The fraction of sp³-hybridized carbons (Fsp3) is 0.143. The van der Waals surface area contributed by atoms with Crippen LogP contribution in [0.25, 0.3) is 22.4 Å². The van der Waals surface area contributed by atoms with E-state index in [1.54, 1.807) is 31.2 Å². The summed E-state index contributed by atoms with van der Waals surface area (Å²) in [6.07, 6.45) is 0. The number of carbonyl (C=O) groups excluding carboxylic acids is 2. The molecule has 2 aromatic heterocycles. The molecule has 12 heteroatoms. The number of thiazole rings is 1. The molecule has 0 aliphatic rings. The van der Waals surface area contributed by atoms with E-state index in [4.69, 9.17) is 9.15 Å². The van der Waals surface area contributed by atoms with E-state index in [0.717, 1.165) is 22.0 Å². The first kappa shape index (κ1) is 21.9. The van der Waals surface area contributed by atoms with Crippen LogP contribution in [-0.4, -0.2) is 33.0 Å². The molecule has 4 aromatic rings. The minimum Gasteiger partial charge on any atom is -0.462 e. The molecule has 33 heavy (non-hydrogen) atoms. The maximum Gasteiger partial charge on any atom is 0.420 e. The molecule has 0 bridgehead atoms. The highest BCUT2D eigenvalue weighted by molar-refractivity contribution is 7.18. The lowest BCUT2D eigenvalue weighted by molar-refractivity contribution is -0.384. The van der Waals surface area contributed by atoms with Crippen molar-refractivity contribution in [2.75, 3.05) is 11.9 Å². The lowest BCUT2D eigenvalue weighted by atomic mass is 10.1. The van der Waals surface area contributed by atoms with Crippen LogP contribution >= 0.6 is 11.3 Å². The number of ether oxygens (including phenoxy) is 1. The molecule has 0 aliphatic heterocycles. The predicted molar refractivity (Wildman–Crippen MR) is 119 cm³/mol. The normalized spacial score (nSPS) is 10.8. The van der Waals surface area contributed by atoms with Gasteiger partial charge in [0.05, 0.1) is 28.8 Å². The number of aromatic nitrogens is 2. The number of rotatable bonds is 7. The van der Waals surface area contributed by atoms with E-state index >= 15 is 0 Å². The van der Waals surface area contributed by atoms with Crippen LogP contribution in [0.1, 0.15) is 16.6 Å². The molecule has 168 valence electrons. The van der Waals surface area contributed by atoms with E-state index < -0.39 is 29.1 Å². The summed E-state index contributed by atoms with van der Waals surface area (Å²) in [5, 5.41) is 13.6. The molecule has 2 heterocycles. The van der Waals surface area contributed by atoms with Crippen LogP contribution in [0.15, 0.2) is 57.7 Å². The molecule has 0 saturated carbocycles. The maximum atomic E-state index is 12.6. The number of nitro benzene ring substituents is 1. The second-order valence-corrected chi connectivity index (χ2v) is 7.69. The number of oxazole rings is 1. The van der Waals surface area contributed by atoms with Crippen molar-refractivity contribution in [3.05, 3.63) is 74.1 Å². The van der Waals surface area contributed by atoms with Crippen molar-refractivity contribution >= 4 is 45.1 Å². The van der Waals surface area contributed by atoms with E-state index in [9.17, 15) is 24.5 Å². The zero-order valence-electron chi connectivity index (χ0n) is 17.1. The topological polar surface area (TPSA) is 147 Å². The molecule has 1 N–H and O–H groups in total. The van der Waals surface area contributed by atoms with Gasteiger partial charge in [-0.2, -0.15) is 0 Å². The molecule has 0 unspecified atom stereocenters. The number of amides is 1. The second-order valence-electron chi connectivity index (χ2n) is 6.69. The van der Waals surface area contributed by atoms with Crippen LogP contribution in [-0.2, 0) is 16.1 Å². The Balaban J connectivity index is 1.60. The number of nitro groups is 1. The van der Waals surface area contributed by atoms with Crippen LogP contribution in [0.5, 0.6) is 0 Å². The third-order valence-electron chi connectivity index (χ3n) is 4.55. The minimum atomic E-state index is -0.836. The zero-order valence-corrected chi connectivity index (χ0v) is 18.0. The van der Waals surface area contributed by atoms with Crippen LogP contribution in [0.3, 0.4) is 0 Å². The molecule has 2 aromatic carbocycles. The first-order chi connectivity index (χ1) is 15.9. The van der Waals surface area contributed by atoms with Crippen molar-refractivity contribution in [2.45, 2.75) is 13.5 Å². The van der Waals surface area contributed by atoms with Gasteiger partial charge in [-0.1, -0.05) is 41.7 Å². The van der Waals surface area contributed by atoms with Crippen LogP contribution < -0.4 is 11.1 Å². The van der Waals surface area contributed by atoms with Crippen LogP contribution in [0.2, 0.25) is 0 Å². The Morgan fingerprint density at radius 1 is 1.24 bits per heavy atom. The molecule has 1 amide bonds. The van der Waals surface area contributed by atoms with Gasteiger partial charge in [0, 0.05) is 11.6 Å². The number of nitrogens with one attached hydrogen (secondary N) is 1. The average Bonchev–Trinajstić information content (AvgIpc) is 3.35. The van der Waals surface area contributed by atoms with Gasteiger partial charge in [-0.15, -0.1) is 0 Å². The fourth-order valence-corrected chi connectivity index (χ4v) is 4.02. The summed E-state index contributed by atoms with van der Waals surface area (Å²) in [7, 11) is 0. The van der Waals surface area contributed by atoms with Crippen LogP contribution in [0, 0.1) is 10.1 Å². The number of non-ortho nitro benzene ring substituents is 1. The summed E-state index contributed by atoms with van der Waals surface area (Å²) in [5.41, 5.74) is 1.03. The van der Waals surface area contributed by atoms with Gasteiger partial charge in [-0.05, 0) is 13.0 Å². The molecule has 0 spiro atoms. The highest BCUT2D eigenvalue weighted by Gasteiger charge is 2.22. The highest BCUT2D eigenvalue weighted by atomic mass is 32.1. The van der Waals surface area contributed by atoms with Crippen molar-refractivity contribution in [3.63, 3.8) is 0 Å². The number of nitrogens with zero attached hydrogens (tertiary/aromatic N) is 3. The van der Waals surface area contributed by atoms with Crippen molar-refractivity contribution in [3.8, 4) is 11.3 Å². The average molecular weight is 468 g/mol. The third kappa shape index (κ3) is 4.50. The number of hydrogen-bond acceptors (Lipinski definition) is 9. The van der Waals surface area contributed by atoms with E-state index in [1.807, 2.05) is 6.07 Å². The number of carbonyl (C=O) groups is 2. The molecule has 0 saturated heterocycles. The molecular formula is C21H16N4O7S. The first-order valence-electron chi connectivity index (χ1n) is 9.68. The maximum absolute atomic E-state index is 12.6. The van der Waals surface area contributed by atoms with Crippen molar-refractivity contribution in [2.24, 2.45) is 0 Å². The number of esters is 1. The van der Waals surface area contributed by atoms with Gasteiger partial charge in [0.2, 0.25) is 5.91 Å². The van der Waals surface area contributed by atoms with Gasteiger partial charge in [0.15, 0.2) is 10.7 Å². The van der Waals surface area contributed by atoms with E-state index in [1.165, 1.54) is 12.1 Å². The lowest BCUT2D eigenvalue weighted by Gasteiger charge is -2.02. The summed E-state index contributed by atoms with van der Waals surface area (Å²) in [5.74, 6) is -1.99. The van der Waals surface area contributed by atoms with E-state index in [2.05, 4.69) is 10.3 Å². The van der Waals surface area contributed by atoms with Gasteiger partial charge >= 0.3 is 11.7 Å². The summed E-state index contributed by atoms with van der Waals surface area (Å²) in [6, 6.07) is 12.6. The number of fused-ring (bicyclic) bond motifs is 1. The predicted octanol–water partition coefficient (Wildman–Crippen LogP) is 3.44. The molecular weight excluding hydrogens is 452 g/mol. The Kier molecular flexibility index (Phi) is 6.00. The van der Waals surface area contributed by atoms with Crippen molar-refractivity contribution in [1.82, 2.24) is 9.55 Å². The van der Waals surface area contributed by atoms with Crippen molar-refractivity contribution < 1.29 is 23.7 Å². The molecule has 0 fully saturated rings. The molecule has 0 aliphatic carbocycles. The number of benzene rings is 2.